The largest absolute Gasteiger partial charge is 0.354 e. The second-order valence-corrected chi connectivity index (χ2v) is 5.55. The lowest BCUT2D eigenvalue weighted by Crippen LogP contribution is -2.23. The molecule has 0 radical (unpaired) electrons. The lowest BCUT2D eigenvalue weighted by Gasteiger charge is -2.09. The summed E-state index contributed by atoms with van der Waals surface area (Å²) in [6, 6.07) is 17.0. The highest BCUT2D eigenvalue weighted by Crippen LogP contribution is 2.18. The van der Waals surface area contributed by atoms with E-state index in [9.17, 15) is 9.18 Å². The van der Waals surface area contributed by atoms with Crippen LogP contribution in [0.1, 0.15) is 21.5 Å². The summed E-state index contributed by atoms with van der Waals surface area (Å²) in [5, 5.41) is 14.7. The van der Waals surface area contributed by atoms with Crippen molar-refractivity contribution in [3.05, 3.63) is 89.5 Å². The molecule has 26 heavy (non-hydrogen) atoms. The molecule has 1 amide bonds. The van der Waals surface area contributed by atoms with Crippen molar-refractivity contribution in [2.45, 2.75) is 6.54 Å². The fourth-order valence-corrected chi connectivity index (χ4v) is 2.38. The smallest absolute Gasteiger partial charge is 0.253 e. The highest BCUT2D eigenvalue weighted by molar-refractivity contribution is 5.94. The number of benzene rings is 2. The van der Waals surface area contributed by atoms with Crippen LogP contribution in [0.25, 0.3) is 0 Å². The first-order chi connectivity index (χ1) is 12.7. The Hall–Kier alpha value is -3.72. The van der Waals surface area contributed by atoms with Crippen molar-refractivity contribution in [2.24, 2.45) is 0 Å². The van der Waals surface area contributed by atoms with Gasteiger partial charge in [-0.25, -0.2) is 4.39 Å². The van der Waals surface area contributed by atoms with E-state index >= 15 is 0 Å². The zero-order valence-electron chi connectivity index (χ0n) is 13.7. The van der Waals surface area contributed by atoms with Crippen LogP contribution in [0, 0.1) is 17.1 Å². The monoisotopic (exact) mass is 346 g/mol. The molecular formula is C20H15FN4O. The summed E-state index contributed by atoms with van der Waals surface area (Å²) in [6.45, 7) is 0.0907. The number of nitrogens with zero attached hydrogens (tertiary/aromatic N) is 2. The van der Waals surface area contributed by atoms with Crippen molar-refractivity contribution in [1.29, 1.82) is 5.26 Å². The molecular weight excluding hydrogens is 331 g/mol. The molecule has 5 nitrogen and oxygen atoms in total. The molecule has 1 aromatic heterocycles. The number of carbonyl (C=O) groups excluding carboxylic acids is 1. The van der Waals surface area contributed by atoms with Crippen LogP contribution in [-0.2, 0) is 6.54 Å². The third kappa shape index (κ3) is 4.22. The van der Waals surface area contributed by atoms with Gasteiger partial charge in [0.1, 0.15) is 5.82 Å². The molecule has 0 saturated heterocycles. The van der Waals surface area contributed by atoms with Gasteiger partial charge in [-0.15, -0.1) is 0 Å². The quantitative estimate of drug-likeness (QED) is 0.737. The van der Waals surface area contributed by atoms with Crippen LogP contribution in [0.4, 0.5) is 15.8 Å². The molecule has 3 aromatic rings. The zero-order chi connectivity index (χ0) is 18.4. The van der Waals surface area contributed by atoms with Crippen molar-refractivity contribution in [3.63, 3.8) is 0 Å². The summed E-state index contributed by atoms with van der Waals surface area (Å²) in [4.78, 5) is 16.3. The Bertz CT molecular complexity index is 981. The Morgan fingerprint density at radius 2 is 1.92 bits per heavy atom. The second kappa shape index (κ2) is 7.90. The number of rotatable bonds is 5. The first kappa shape index (κ1) is 17.1. The maximum absolute atomic E-state index is 13.6. The Labute approximate surface area is 150 Å². The molecule has 3 rings (SSSR count). The fraction of sp³-hybridized carbons (Fsp3) is 0.0500. The van der Waals surface area contributed by atoms with Gasteiger partial charge in [-0.2, -0.15) is 5.26 Å². The van der Waals surface area contributed by atoms with E-state index in [4.69, 9.17) is 5.26 Å². The van der Waals surface area contributed by atoms with Gasteiger partial charge >= 0.3 is 0 Å². The molecule has 2 aromatic carbocycles. The molecule has 2 N–H and O–H groups in total. The minimum atomic E-state index is -0.362. The van der Waals surface area contributed by atoms with Gasteiger partial charge in [0.25, 0.3) is 5.91 Å². The number of nitrogens with one attached hydrogen (secondary N) is 2. The topological polar surface area (TPSA) is 77.8 Å². The van der Waals surface area contributed by atoms with Gasteiger partial charge in [-0.3, -0.25) is 9.78 Å². The highest BCUT2D eigenvalue weighted by Gasteiger charge is 2.09. The maximum Gasteiger partial charge on any atom is 0.253 e. The average Bonchev–Trinajstić information content (AvgIpc) is 2.67. The Morgan fingerprint density at radius 1 is 1.08 bits per heavy atom. The van der Waals surface area contributed by atoms with Crippen molar-refractivity contribution in [3.8, 4) is 6.07 Å². The third-order valence-corrected chi connectivity index (χ3v) is 3.68. The first-order valence-electron chi connectivity index (χ1n) is 7.89. The number of pyridine rings is 1. The number of nitriles is 1. The van der Waals surface area contributed by atoms with Crippen LogP contribution >= 0.6 is 0 Å². The summed E-state index contributed by atoms with van der Waals surface area (Å²) in [5.41, 5.74) is 2.62. The summed E-state index contributed by atoms with van der Waals surface area (Å²) in [6.07, 6.45) is 3.01. The van der Waals surface area contributed by atoms with Crippen LogP contribution in [0.2, 0.25) is 0 Å². The van der Waals surface area contributed by atoms with Gasteiger partial charge in [0.15, 0.2) is 0 Å². The molecule has 0 atom stereocenters. The fourth-order valence-electron chi connectivity index (χ4n) is 2.38. The van der Waals surface area contributed by atoms with Crippen molar-refractivity contribution < 1.29 is 9.18 Å². The van der Waals surface area contributed by atoms with Crippen LogP contribution in [0.15, 0.2) is 67.0 Å². The van der Waals surface area contributed by atoms with E-state index in [2.05, 4.69) is 21.7 Å². The molecule has 0 aliphatic rings. The van der Waals surface area contributed by atoms with Gasteiger partial charge in [0.05, 0.1) is 29.1 Å². The van der Waals surface area contributed by atoms with Crippen molar-refractivity contribution >= 4 is 17.3 Å². The van der Waals surface area contributed by atoms with Gasteiger partial charge < -0.3 is 10.6 Å². The number of anilines is 2. The normalized spacial score (nSPS) is 10.0. The zero-order valence-corrected chi connectivity index (χ0v) is 13.7. The molecule has 0 saturated carbocycles. The van der Waals surface area contributed by atoms with E-state index in [-0.39, 0.29) is 18.3 Å². The van der Waals surface area contributed by atoms with E-state index in [1.807, 2.05) is 6.07 Å². The average molecular weight is 346 g/mol. The van der Waals surface area contributed by atoms with Gasteiger partial charge in [0.2, 0.25) is 0 Å². The molecule has 6 heteroatoms. The molecule has 0 aliphatic carbocycles. The van der Waals surface area contributed by atoms with E-state index in [0.29, 0.717) is 22.4 Å². The van der Waals surface area contributed by atoms with E-state index in [0.717, 1.165) is 5.69 Å². The van der Waals surface area contributed by atoms with E-state index in [1.54, 1.807) is 48.7 Å². The van der Waals surface area contributed by atoms with Crippen LogP contribution in [0.5, 0.6) is 0 Å². The molecule has 0 aliphatic heterocycles. The highest BCUT2D eigenvalue weighted by atomic mass is 19.1. The molecule has 0 bridgehead atoms. The predicted molar refractivity (Wildman–Crippen MR) is 96.2 cm³/mol. The number of hydrogen-bond donors (Lipinski definition) is 2. The summed E-state index contributed by atoms with van der Waals surface area (Å²) >= 11 is 0. The number of aromatic nitrogens is 1. The lowest BCUT2D eigenvalue weighted by molar-refractivity contribution is 0.0950. The first-order valence-corrected chi connectivity index (χ1v) is 7.89. The summed E-state index contributed by atoms with van der Waals surface area (Å²) in [7, 11) is 0. The minimum Gasteiger partial charge on any atom is -0.354 e. The van der Waals surface area contributed by atoms with Crippen LogP contribution in [0.3, 0.4) is 0 Å². The van der Waals surface area contributed by atoms with E-state index in [1.165, 1.54) is 12.3 Å². The van der Waals surface area contributed by atoms with Crippen molar-refractivity contribution in [2.75, 3.05) is 5.32 Å². The standard InChI is InChI=1S/C20H15FN4O/c21-19-7-2-1-5-15(19)12-24-20(26)16-9-18(13-23-11-16)25-17-6-3-4-14(8-17)10-22/h1-9,11,13,25H,12H2,(H,24,26). The third-order valence-electron chi connectivity index (χ3n) is 3.68. The number of amides is 1. The Kier molecular flexibility index (Phi) is 5.20. The molecule has 0 fully saturated rings. The summed E-state index contributed by atoms with van der Waals surface area (Å²) in [5.74, 6) is -0.714. The van der Waals surface area contributed by atoms with Crippen molar-refractivity contribution in [1.82, 2.24) is 10.3 Å². The van der Waals surface area contributed by atoms with Crippen LogP contribution < -0.4 is 10.6 Å². The minimum absolute atomic E-state index is 0.0907. The van der Waals surface area contributed by atoms with Crippen LogP contribution in [-0.4, -0.2) is 10.9 Å². The Balaban J connectivity index is 1.69. The Morgan fingerprint density at radius 3 is 2.73 bits per heavy atom. The number of hydrogen-bond acceptors (Lipinski definition) is 4. The molecule has 0 unspecified atom stereocenters. The van der Waals surface area contributed by atoms with E-state index < -0.39 is 0 Å². The predicted octanol–water partition coefficient (Wildman–Crippen LogP) is 3.77. The van der Waals surface area contributed by atoms with Gasteiger partial charge in [-0.1, -0.05) is 24.3 Å². The molecule has 1 heterocycles. The number of carbonyl (C=O) groups is 1. The maximum atomic E-state index is 13.6. The van der Waals surface area contributed by atoms with Gasteiger partial charge in [-0.05, 0) is 30.3 Å². The molecule has 0 spiro atoms. The second-order valence-electron chi connectivity index (χ2n) is 5.55. The number of halogens is 1. The SMILES string of the molecule is N#Cc1cccc(Nc2cncc(C(=O)NCc3ccccc3F)c2)c1. The molecule has 128 valence electrons. The summed E-state index contributed by atoms with van der Waals surface area (Å²) < 4.78 is 13.6. The lowest BCUT2D eigenvalue weighted by atomic mass is 10.2. The van der Waals surface area contributed by atoms with Gasteiger partial charge in [0, 0.05) is 24.0 Å².